The molecule has 0 aliphatic rings. The Hall–Kier alpha value is -3.48. The number of H-pyrrole nitrogens is 1. The fraction of sp³-hybridized carbons (Fsp3) is 0.500. The third-order valence-corrected chi connectivity index (χ3v) is 7.04. The first-order chi connectivity index (χ1) is 19.3. The van der Waals surface area contributed by atoms with Crippen molar-refractivity contribution in [2.24, 2.45) is 0 Å². The smallest absolute Gasteiger partial charge is 0.143 e. The third-order valence-electron chi connectivity index (χ3n) is 7.04. The molecule has 2 aromatic carbocycles. The molecular weight excluding hydrogens is 486 g/mol. The van der Waals surface area contributed by atoms with E-state index in [2.05, 4.69) is 39.5 Å². The number of hydrogen-bond acceptors (Lipinski definition) is 6. The second-order valence-electron chi connectivity index (χ2n) is 10.2. The Balaban J connectivity index is 1.33. The van der Waals surface area contributed by atoms with Crippen molar-refractivity contribution >= 4 is 11.0 Å². The molecule has 4 rings (SSSR count). The molecule has 4 aromatic rings. The maximum absolute atomic E-state index is 5.93. The number of fused-ring (bicyclic) bond motifs is 1. The summed E-state index contributed by atoms with van der Waals surface area (Å²) < 4.78 is 11.9. The van der Waals surface area contributed by atoms with Crippen molar-refractivity contribution in [1.82, 2.24) is 25.6 Å². The lowest BCUT2D eigenvalue weighted by atomic mass is 10.1. The second-order valence-corrected chi connectivity index (χ2v) is 10.2. The number of aromatic amines is 1. The van der Waals surface area contributed by atoms with E-state index in [4.69, 9.17) is 9.47 Å². The van der Waals surface area contributed by atoms with Crippen LogP contribution in [-0.4, -0.2) is 38.8 Å². The van der Waals surface area contributed by atoms with Crippen LogP contribution in [0.2, 0.25) is 0 Å². The standard InChI is InChI=1S/C32H43N5O2/c1-3-5-7-9-11-13-23-38-27-19-15-25(16-20-27)29-31-32(36-37-35-31)30(34-33-29)26-17-21-28(22-18-26)39-24-14-12-10-8-6-4-2/h15-22H,3-14,23-24H2,1-2H3,(H,35,36,37). The van der Waals surface area contributed by atoms with Crippen LogP contribution in [0.15, 0.2) is 48.5 Å². The fourth-order valence-corrected chi connectivity index (χ4v) is 4.71. The quantitative estimate of drug-likeness (QED) is 0.130. The van der Waals surface area contributed by atoms with E-state index in [-0.39, 0.29) is 0 Å². The molecule has 0 bridgehead atoms. The number of aromatic nitrogens is 5. The summed E-state index contributed by atoms with van der Waals surface area (Å²) >= 11 is 0. The first kappa shape index (κ1) is 28.5. The van der Waals surface area contributed by atoms with Crippen molar-refractivity contribution in [3.05, 3.63) is 48.5 Å². The van der Waals surface area contributed by atoms with Gasteiger partial charge in [0.05, 0.1) is 13.2 Å². The van der Waals surface area contributed by atoms with Crippen LogP contribution in [-0.2, 0) is 0 Å². The van der Waals surface area contributed by atoms with Gasteiger partial charge in [-0.05, 0) is 61.4 Å². The summed E-state index contributed by atoms with van der Waals surface area (Å²) in [5, 5.41) is 20.6. The zero-order valence-electron chi connectivity index (χ0n) is 23.6. The van der Waals surface area contributed by atoms with E-state index in [0.717, 1.165) is 48.7 Å². The lowest BCUT2D eigenvalue weighted by Crippen LogP contribution is -1.98. The molecule has 0 amide bonds. The Morgan fingerprint density at radius 1 is 0.513 bits per heavy atom. The minimum atomic E-state index is 0.698. The van der Waals surface area contributed by atoms with Crippen molar-refractivity contribution < 1.29 is 9.47 Å². The highest BCUT2D eigenvalue weighted by molar-refractivity contribution is 5.96. The lowest BCUT2D eigenvalue weighted by Gasteiger charge is -2.09. The molecule has 1 N–H and O–H groups in total. The van der Waals surface area contributed by atoms with Gasteiger partial charge in [-0.1, -0.05) is 78.1 Å². The number of nitrogens with one attached hydrogen (secondary N) is 1. The van der Waals surface area contributed by atoms with E-state index in [9.17, 15) is 0 Å². The van der Waals surface area contributed by atoms with Gasteiger partial charge in [0, 0.05) is 11.1 Å². The Kier molecular flexibility index (Phi) is 11.6. The van der Waals surface area contributed by atoms with Crippen LogP contribution in [0.3, 0.4) is 0 Å². The summed E-state index contributed by atoms with van der Waals surface area (Å²) in [6, 6.07) is 16.0. The molecule has 0 atom stereocenters. The average molecular weight is 530 g/mol. The molecule has 7 nitrogen and oxygen atoms in total. The molecule has 0 unspecified atom stereocenters. The van der Waals surface area contributed by atoms with Crippen molar-refractivity contribution in [2.45, 2.75) is 90.9 Å². The van der Waals surface area contributed by atoms with Crippen LogP contribution in [0.25, 0.3) is 33.5 Å². The summed E-state index contributed by atoms with van der Waals surface area (Å²) in [5.41, 5.74) is 4.65. The summed E-state index contributed by atoms with van der Waals surface area (Å²) in [6.45, 7) is 5.98. The van der Waals surface area contributed by atoms with Crippen LogP contribution in [0, 0.1) is 0 Å². The monoisotopic (exact) mass is 529 g/mol. The van der Waals surface area contributed by atoms with Crippen LogP contribution in [0.4, 0.5) is 0 Å². The summed E-state index contributed by atoms with van der Waals surface area (Å²) in [7, 11) is 0. The van der Waals surface area contributed by atoms with E-state index in [1.54, 1.807) is 0 Å². The molecule has 0 saturated heterocycles. The molecule has 2 aromatic heterocycles. The zero-order valence-corrected chi connectivity index (χ0v) is 23.6. The summed E-state index contributed by atoms with van der Waals surface area (Å²) in [5.74, 6) is 1.74. The molecule has 39 heavy (non-hydrogen) atoms. The van der Waals surface area contributed by atoms with Crippen molar-refractivity contribution in [3.63, 3.8) is 0 Å². The largest absolute Gasteiger partial charge is 0.494 e. The van der Waals surface area contributed by atoms with Gasteiger partial charge < -0.3 is 9.47 Å². The van der Waals surface area contributed by atoms with Crippen LogP contribution in [0.1, 0.15) is 90.9 Å². The topological polar surface area (TPSA) is 85.8 Å². The third kappa shape index (κ3) is 8.50. The van der Waals surface area contributed by atoms with Gasteiger partial charge in [-0.15, -0.1) is 10.2 Å². The Bertz CT molecular complexity index is 1140. The maximum Gasteiger partial charge on any atom is 0.143 e. The zero-order chi connectivity index (χ0) is 27.1. The molecule has 208 valence electrons. The molecule has 0 fully saturated rings. The predicted octanol–water partition coefficient (Wildman–Crippen LogP) is 8.56. The van der Waals surface area contributed by atoms with Gasteiger partial charge in [-0.25, -0.2) is 0 Å². The molecule has 0 radical (unpaired) electrons. The Labute approximate surface area is 232 Å². The minimum Gasteiger partial charge on any atom is -0.494 e. The van der Waals surface area contributed by atoms with E-state index < -0.39 is 0 Å². The number of rotatable bonds is 18. The van der Waals surface area contributed by atoms with E-state index in [0.29, 0.717) is 22.4 Å². The van der Waals surface area contributed by atoms with Gasteiger partial charge in [-0.2, -0.15) is 15.4 Å². The van der Waals surface area contributed by atoms with Crippen LogP contribution < -0.4 is 9.47 Å². The summed E-state index contributed by atoms with van der Waals surface area (Å²) in [4.78, 5) is 0. The van der Waals surface area contributed by atoms with E-state index in [1.807, 2.05) is 48.5 Å². The molecule has 7 heteroatoms. The molecular formula is C32H43N5O2. The summed E-state index contributed by atoms with van der Waals surface area (Å²) in [6.07, 6.45) is 15.0. The Morgan fingerprint density at radius 2 is 0.897 bits per heavy atom. The first-order valence-electron chi connectivity index (χ1n) is 14.8. The van der Waals surface area contributed by atoms with Crippen LogP contribution >= 0.6 is 0 Å². The number of hydrogen-bond donors (Lipinski definition) is 1. The van der Waals surface area contributed by atoms with Gasteiger partial charge in [0.15, 0.2) is 0 Å². The molecule has 0 aliphatic carbocycles. The van der Waals surface area contributed by atoms with Gasteiger partial charge in [-0.3, -0.25) is 0 Å². The Morgan fingerprint density at radius 3 is 1.31 bits per heavy atom. The lowest BCUT2D eigenvalue weighted by molar-refractivity contribution is 0.304. The molecule has 0 spiro atoms. The minimum absolute atomic E-state index is 0.698. The number of nitrogens with zero attached hydrogens (tertiary/aromatic N) is 4. The molecule has 0 saturated carbocycles. The van der Waals surface area contributed by atoms with E-state index in [1.165, 1.54) is 64.2 Å². The van der Waals surface area contributed by atoms with Crippen LogP contribution in [0.5, 0.6) is 11.5 Å². The molecule has 2 heterocycles. The fourth-order valence-electron chi connectivity index (χ4n) is 4.71. The number of benzene rings is 2. The highest BCUT2D eigenvalue weighted by Gasteiger charge is 2.16. The van der Waals surface area contributed by atoms with Gasteiger partial charge >= 0.3 is 0 Å². The predicted molar refractivity (Wildman–Crippen MR) is 158 cm³/mol. The first-order valence-corrected chi connectivity index (χ1v) is 14.8. The van der Waals surface area contributed by atoms with Gasteiger partial charge in [0.2, 0.25) is 0 Å². The van der Waals surface area contributed by atoms with Gasteiger partial charge in [0.1, 0.15) is 33.9 Å². The normalized spacial score (nSPS) is 11.2. The van der Waals surface area contributed by atoms with Crippen molar-refractivity contribution in [2.75, 3.05) is 13.2 Å². The SMILES string of the molecule is CCCCCCCCOc1ccc(-c2nnc(-c3ccc(OCCCCCCCC)cc3)c3n[nH]nc23)cc1. The van der Waals surface area contributed by atoms with Crippen molar-refractivity contribution in [3.8, 4) is 34.0 Å². The van der Waals surface area contributed by atoms with Gasteiger partial charge in [0.25, 0.3) is 0 Å². The van der Waals surface area contributed by atoms with Crippen molar-refractivity contribution in [1.29, 1.82) is 0 Å². The average Bonchev–Trinajstić information content (AvgIpc) is 3.47. The number of ether oxygens (including phenoxy) is 2. The number of unbranched alkanes of at least 4 members (excludes halogenated alkanes) is 10. The molecule has 0 aliphatic heterocycles. The van der Waals surface area contributed by atoms with E-state index >= 15 is 0 Å². The highest BCUT2D eigenvalue weighted by Crippen LogP contribution is 2.31. The second kappa shape index (κ2) is 15.8. The highest BCUT2D eigenvalue weighted by atomic mass is 16.5. The maximum atomic E-state index is 5.93.